The molecule has 0 aromatic heterocycles. The van der Waals surface area contributed by atoms with E-state index in [9.17, 15) is 9.18 Å². The molecule has 16 heavy (non-hydrogen) atoms. The summed E-state index contributed by atoms with van der Waals surface area (Å²) in [6.07, 6.45) is 0.0785. The van der Waals surface area contributed by atoms with Gasteiger partial charge in [0.2, 0.25) is 5.67 Å². The van der Waals surface area contributed by atoms with E-state index >= 15 is 0 Å². The van der Waals surface area contributed by atoms with Crippen LogP contribution in [0.5, 0.6) is 0 Å². The van der Waals surface area contributed by atoms with Crippen LogP contribution in [0.2, 0.25) is 0 Å². The van der Waals surface area contributed by atoms with E-state index in [2.05, 4.69) is 0 Å². The third-order valence-corrected chi connectivity index (χ3v) is 2.93. The van der Waals surface area contributed by atoms with Crippen molar-refractivity contribution in [1.29, 1.82) is 0 Å². The second-order valence-electron chi connectivity index (χ2n) is 4.22. The van der Waals surface area contributed by atoms with E-state index in [0.717, 1.165) is 5.56 Å². The summed E-state index contributed by atoms with van der Waals surface area (Å²) in [4.78, 5) is 12.6. The second-order valence-corrected chi connectivity index (χ2v) is 4.22. The van der Waals surface area contributed by atoms with Gasteiger partial charge in [0.1, 0.15) is 0 Å². The first-order chi connectivity index (χ1) is 7.60. The summed E-state index contributed by atoms with van der Waals surface area (Å²) >= 11 is 0. The zero-order chi connectivity index (χ0) is 11.6. The van der Waals surface area contributed by atoms with Gasteiger partial charge in [-0.25, -0.2) is 9.18 Å². The highest BCUT2D eigenvalue weighted by molar-refractivity contribution is 5.78. The SMILES string of the molecule is O=C(O)[C@]1(F)CCN(Cc2ccccc2)C1. The Bertz CT molecular complexity index is 382. The maximum absolute atomic E-state index is 13.7. The Balaban J connectivity index is 1.98. The minimum atomic E-state index is -2.06. The second kappa shape index (κ2) is 4.22. The predicted octanol–water partition coefficient (Wildman–Crippen LogP) is 1.69. The smallest absolute Gasteiger partial charge is 0.342 e. The van der Waals surface area contributed by atoms with Crippen molar-refractivity contribution < 1.29 is 14.3 Å². The number of halogens is 1. The van der Waals surface area contributed by atoms with Crippen LogP contribution in [0.15, 0.2) is 30.3 Å². The van der Waals surface area contributed by atoms with Gasteiger partial charge >= 0.3 is 5.97 Å². The number of carbonyl (C=O) groups is 1. The molecule has 0 amide bonds. The average Bonchev–Trinajstić information content (AvgIpc) is 2.63. The average molecular weight is 223 g/mol. The Morgan fingerprint density at radius 3 is 2.69 bits per heavy atom. The van der Waals surface area contributed by atoms with Crippen molar-refractivity contribution in [1.82, 2.24) is 4.90 Å². The number of alkyl halides is 1. The molecule has 1 heterocycles. The van der Waals surface area contributed by atoms with Gasteiger partial charge in [-0.15, -0.1) is 0 Å². The molecule has 1 saturated heterocycles. The first-order valence-electron chi connectivity index (χ1n) is 5.29. The maximum atomic E-state index is 13.7. The van der Waals surface area contributed by atoms with Gasteiger partial charge in [0.05, 0.1) is 0 Å². The van der Waals surface area contributed by atoms with E-state index in [1.54, 1.807) is 0 Å². The number of likely N-dealkylation sites (tertiary alicyclic amines) is 1. The molecule has 1 aliphatic heterocycles. The van der Waals surface area contributed by atoms with Gasteiger partial charge in [-0.3, -0.25) is 4.90 Å². The monoisotopic (exact) mass is 223 g/mol. The van der Waals surface area contributed by atoms with E-state index in [0.29, 0.717) is 13.1 Å². The lowest BCUT2D eigenvalue weighted by Gasteiger charge is -2.17. The summed E-state index contributed by atoms with van der Waals surface area (Å²) in [5, 5.41) is 8.75. The van der Waals surface area contributed by atoms with Crippen LogP contribution in [0.4, 0.5) is 4.39 Å². The van der Waals surface area contributed by atoms with Crippen LogP contribution < -0.4 is 0 Å². The summed E-state index contributed by atoms with van der Waals surface area (Å²) in [5.74, 6) is -1.34. The molecule has 0 aliphatic carbocycles. The lowest BCUT2D eigenvalue weighted by Crippen LogP contribution is -2.36. The molecule has 1 aromatic carbocycles. The number of rotatable bonds is 3. The van der Waals surface area contributed by atoms with Gasteiger partial charge in [-0.2, -0.15) is 0 Å². The highest BCUT2D eigenvalue weighted by Gasteiger charge is 2.45. The molecule has 1 aliphatic rings. The van der Waals surface area contributed by atoms with Gasteiger partial charge in [-0.1, -0.05) is 30.3 Å². The number of carboxylic acid groups (broad SMARTS) is 1. The Kier molecular flexibility index (Phi) is 2.92. The molecule has 0 radical (unpaired) electrons. The molecule has 1 aromatic rings. The highest BCUT2D eigenvalue weighted by atomic mass is 19.1. The normalized spacial score (nSPS) is 25.8. The fourth-order valence-corrected chi connectivity index (χ4v) is 2.00. The summed E-state index contributed by atoms with van der Waals surface area (Å²) in [7, 11) is 0. The largest absolute Gasteiger partial charge is 0.479 e. The first-order valence-corrected chi connectivity index (χ1v) is 5.29. The van der Waals surface area contributed by atoms with Gasteiger partial charge < -0.3 is 5.11 Å². The number of nitrogens with zero attached hydrogens (tertiary/aromatic N) is 1. The minimum absolute atomic E-state index is 0.0166. The zero-order valence-corrected chi connectivity index (χ0v) is 8.90. The summed E-state index contributed by atoms with van der Waals surface area (Å²) in [6, 6.07) is 9.68. The van der Waals surface area contributed by atoms with Gasteiger partial charge in [-0.05, 0) is 5.56 Å². The highest BCUT2D eigenvalue weighted by Crippen LogP contribution is 2.26. The predicted molar refractivity (Wildman–Crippen MR) is 57.8 cm³/mol. The van der Waals surface area contributed by atoms with Crippen molar-refractivity contribution in [3.05, 3.63) is 35.9 Å². The molecular formula is C12H14FNO2. The minimum Gasteiger partial charge on any atom is -0.479 e. The van der Waals surface area contributed by atoms with Crippen molar-refractivity contribution in [2.24, 2.45) is 0 Å². The molecule has 0 bridgehead atoms. The maximum Gasteiger partial charge on any atom is 0.342 e. The number of carboxylic acids is 1. The Hall–Kier alpha value is -1.42. The molecule has 0 saturated carbocycles. The van der Waals surface area contributed by atoms with Crippen molar-refractivity contribution in [3.63, 3.8) is 0 Å². The number of benzene rings is 1. The lowest BCUT2D eigenvalue weighted by molar-refractivity contribution is -0.149. The molecule has 1 atom stereocenters. The Morgan fingerprint density at radius 2 is 2.12 bits per heavy atom. The Labute approximate surface area is 93.5 Å². The van der Waals surface area contributed by atoms with E-state index in [1.165, 1.54) is 0 Å². The first kappa shape index (κ1) is 11.1. The van der Waals surface area contributed by atoms with Crippen molar-refractivity contribution >= 4 is 5.97 Å². The van der Waals surface area contributed by atoms with Crippen molar-refractivity contribution in [2.45, 2.75) is 18.6 Å². The molecule has 0 unspecified atom stereocenters. The van der Waals surface area contributed by atoms with Crippen LogP contribution in [0, 0.1) is 0 Å². The standard InChI is InChI=1S/C12H14FNO2/c13-12(11(15)16)6-7-14(9-12)8-10-4-2-1-3-5-10/h1-5H,6-9H2,(H,15,16)/t12-/m0/s1. The number of hydrogen-bond donors (Lipinski definition) is 1. The van der Waals surface area contributed by atoms with Crippen LogP contribution >= 0.6 is 0 Å². The lowest BCUT2D eigenvalue weighted by atomic mass is 10.1. The summed E-state index contributed by atoms with van der Waals surface area (Å²) < 4.78 is 13.7. The topological polar surface area (TPSA) is 40.5 Å². The van der Waals surface area contributed by atoms with E-state index in [1.807, 2.05) is 35.2 Å². The molecule has 86 valence electrons. The van der Waals surface area contributed by atoms with E-state index in [-0.39, 0.29) is 13.0 Å². The van der Waals surface area contributed by atoms with Crippen molar-refractivity contribution in [3.8, 4) is 0 Å². The molecule has 1 N–H and O–H groups in total. The van der Waals surface area contributed by atoms with Gasteiger partial charge in [0.25, 0.3) is 0 Å². The molecule has 2 rings (SSSR count). The summed E-state index contributed by atoms with van der Waals surface area (Å²) in [5.41, 5.74) is -0.980. The van der Waals surface area contributed by atoms with Crippen LogP contribution in [0.3, 0.4) is 0 Å². The van der Waals surface area contributed by atoms with Crippen molar-refractivity contribution in [2.75, 3.05) is 13.1 Å². The van der Waals surface area contributed by atoms with Crippen LogP contribution in [0.25, 0.3) is 0 Å². The number of hydrogen-bond acceptors (Lipinski definition) is 2. The molecule has 3 nitrogen and oxygen atoms in total. The molecule has 0 spiro atoms. The van der Waals surface area contributed by atoms with Gasteiger partial charge in [0.15, 0.2) is 0 Å². The molecule has 1 fully saturated rings. The van der Waals surface area contributed by atoms with E-state index < -0.39 is 11.6 Å². The van der Waals surface area contributed by atoms with Crippen LogP contribution in [-0.2, 0) is 11.3 Å². The third kappa shape index (κ3) is 2.22. The van der Waals surface area contributed by atoms with E-state index in [4.69, 9.17) is 5.11 Å². The zero-order valence-electron chi connectivity index (χ0n) is 8.90. The van der Waals surface area contributed by atoms with Crippen LogP contribution in [-0.4, -0.2) is 34.7 Å². The fourth-order valence-electron chi connectivity index (χ4n) is 2.00. The fraction of sp³-hybridized carbons (Fsp3) is 0.417. The van der Waals surface area contributed by atoms with Gasteiger partial charge in [0, 0.05) is 26.1 Å². The number of aliphatic carboxylic acids is 1. The summed E-state index contributed by atoms with van der Waals surface area (Å²) in [6.45, 7) is 1.09. The molecular weight excluding hydrogens is 209 g/mol. The third-order valence-electron chi connectivity index (χ3n) is 2.93. The Morgan fingerprint density at radius 1 is 1.44 bits per heavy atom. The quantitative estimate of drug-likeness (QED) is 0.847. The van der Waals surface area contributed by atoms with Crippen LogP contribution in [0.1, 0.15) is 12.0 Å². The molecule has 4 heteroatoms.